The Kier molecular flexibility index (Phi) is 5.23. The van der Waals surface area contributed by atoms with Crippen molar-refractivity contribution >= 4 is 27.4 Å². The van der Waals surface area contributed by atoms with Gasteiger partial charge in [-0.1, -0.05) is 48.6 Å². The van der Waals surface area contributed by atoms with Crippen molar-refractivity contribution in [1.82, 2.24) is 20.2 Å². The second-order valence-electron chi connectivity index (χ2n) is 8.09. The largest absolute Gasteiger partial charge is 0.353 e. The summed E-state index contributed by atoms with van der Waals surface area (Å²) in [5, 5.41) is 9.66. The highest BCUT2D eigenvalue weighted by atomic mass is 19.1. The fraction of sp³-hybridized carbons (Fsp3) is 0.0714. The van der Waals surface area contributed by atoms with Crippen LogP contribution in [0.4, 0.5) is 4.39 Å². The molecular formula is C28H23FN4. The van der Waals surface area contributed by atoms with E-state index in [-0.39, 0.29) is 5.82 Å². The highest BCUT2D eigenvalue weighted by Crippen LogP contribution is 2.34. The summed E-state index contributed by atoms with van der Waals surface area (Å²) < 4.78 is 13.8. The molecule has 5 heteroatoms. The standard InChI is InChI=1S/C28H23FN4/c1-4-6-18(13-17(2)3)19-9-10-25-22(15-19)28(33-32-25)26-16-23-24(31-26)11-12-30-27(23)20-7-5-8-21(29)14-20/h4-16,31H,2H2,1,3H3,(H,32,33)/b6-4-,18-13+. The van der Waals surface area contributed by atoms with Crippen molar-refractivity contribution in [2.24, 2.45) is 0 Å². The molecule has 0 radical (unpaired) electrons. The number of aromatic amines is 2. The zero-order valence-electron chi connectivity index (χ0n) is 18.5. The number of pyridine rings is 1. The smallest absolute Gasteiger partial charge is 0.123 e. The van der Waals surface area contributed by atoms with Gasteiger partial charge in [0.25, 0.3) is 0 Å². The molecule has 0 fully saturated rings. The van der Waals surface area contributed by atoms with E-state index in [2.05, 4.69) is 51.0 Å². The van der Waals surface area contributed by atoms with E-state index in [0.717, 1.165) is 61.2 Å². The second-order valence-corrected chi connectivity index (χ2v) is 8.09. The number of H-pyrrole nitrogens is 2. The van der Waals surface area contributed by atoms with Crippen molar-refractivity contribution in [2.75, 3.05) is 0 Å². The summed E-state index contributed by atoms with van der Waals surface area (Å²) in [6.45, 7) is 8.01. The van der Waals surface area contributed by atoms with Gasteiger partial charge < -0.3 is 4.98 Å². The monoisotopic (exact) mass is 434 g/mol. The zero-order chi connectivity index (χ0) is 22.9. The van der Waals surface area contributed by atoms with Crippen LogP contribution in [0, 0.1) is 5.82 Å². The molecule has 33 heavy (non-hydrogen) atoms. The van der Waals surface area contributed by atoms with Crippen LogP contribution in [-0.2, 0) is 0 Å². The summed E-state index contributed by atoms with van der Waals surface area (Å²) in [5.41, 5.74) is 8.20. The molecule has 0 unspecified atom stereocenters. The molecule has 5 rings (SSSR count). The predicted octanol–water partition coefficient (Wildman–Crippen LogP) is 7.45. The Labute approximate surface area is 191 Å². The van der Waals surface area contributed by atoms with E-state index >= 15 is 0 Å². The Balaban J connectivity index is 1.66. The lowest BCUT2D eigenvalue weighted by Gasteiger charge is -2.04. The Morgan fingerprint density at radius 3 is 2.64 bits per heavy atom. The van der Waals surface area contributed by atoms with Gasteiger partial charge in [0.15, 0.2) is 0 Å². The van der Waals surface area contributed by atoms with Gasteiger partial charge in [0.05, 0.1) is 16.9 Å². The van der Waals surface area contributed by atoms with E-state index in [1.54, 1.807) is 12.3 Å². The summed E-state index contributed by atoms with van der Waals surface area (Å²) in [7, 11) is 0. The lowest BCUT2D eigenvalue weighted by molar-refractivity contribution is 0.628. The molecule has 3 heterocycles. The highest BCUT2D eigenvalue weighted by molar-refractivity contribution is 6.00. The van der Waals surface area contributed by atoms with Crippen LogP contribution in [0.3, 0.4) is 0 Å². The maximum Gasteiger partial charge on any atom is 0.123 e. The SMILES string of the molecule is C=C(C)/C=C(\C=C/C)c1ccc2[nH]nc(-c3cc4c(-c5cccc(F)c5)nccc4[nH]3)c2c1. The van der Waals surface area contributed by atoms with Crippen molar-refractivity contribution in [3.05, 3.63) is 103 Å². The summed E-state index contributed by atoms with van der Waals surface area (Å²) in [6.07, 6.45) is 7.90. The number of rotatable bonds is 5. The minimum absolute atomic E-state index is 0.285. The number of nitrogens with one attached hydrogen (secondary N) is 2. The summed E-state index contributed by atoms with van der Waals surface area (Å²) in [5.74, 6) is -0.285. The fourth-order valence-electron chi connectivity index (χ4n) is 4.12. The summed E-state index contributed by atoms with van der Waals surface area (Å²) in [6, 6.07) is 16.7. The van der Waals surface area contributed by atoms with E-state index in [9.17, 15) is 4.39 Å². The Morgan fingerprint density at radius 2 is 1.85 bits per heavy atom. The van der Waals surface area contributed by atoms with E-state index in [4.69, 9.17) is 0 Å². The third kappa shape index (κ3) is 3.89. The Hall–Kier alpha value is -4.25. The number of hydrogen-bond donors (Lipinski definition) is 2. The number of halogens is 1. The Morgan fingerprint density at radius 1 is 1.00 bits per heavy atom. The van der Waals surface area contributed by atoms with Gasteiger partial charge in [-0.05, 0) is 61.4 Å². The van der Waals surface area contributed by atoms with Crippen molar-refractivity contribution in [2.45, 2.75) is 13.8 Å². The first-order valence-electron chi connectivity index (χ1n) is 10.8. The van der Waals surface area contributed by atoms with Crippen LogP contribution < -0.4 is 0 Å². The quantitative estimate of drug-likeness (QED) is 0.282. The molecule has 0 aliphatic heterocycles. The number of aromatic nitrogens is 4. The zero-order valence-corrected chi connectivity index (χ0v) is 18.5. The second kappa shape index (κ2) is 8.36. The summed E-state index contributed by atoms with van der Waals surface area (Å²) >= 11 is 0. The van der Waals surface area contributed by atoms with E-state index < -0.39 is 0 Å². The third-order valence-electron chi connectivity index (χ3n) is 5.55. The molecule has 0 bridgehead atoms. The lowest BCUT2D eigenvalue weighted by atomic mass is 10.0. The number of fused-ring (bicyclic) bond motifs is 2. The highest BCUT2D eigenvalue weighted by Gasteiger charge is 2.15. The first kappa shape index (κ1) is 20.6. The average molecular weight is 435 g/mol. The fourth-order valence-corrected chi connectivity index (χ4v) is 4.12. The van der Waals surface area contributed by atoms with Crippen LogP contribution in [-0.4, -0.2) is 20.2 Å². The first-order chi connectivity index (χ1) is 16.0. The normalized spacial score (nSPS) is 12.3. The maximum atomic E-state index is 13.8. The molecule has 4 nitrogen and oxygen atoms in total. The minimum Gasteiger partial charge on any atom is -0.353 e. The molecule has 0 atom stereocenters. The van der Waals surface area contributed by atoms with Crippen LogP contribution >= 0.6 is 0 Å². The number of allylic oxidation sites excluding steroid dienone is 5. The van der Waals surface area contributed by atoms with Gasteiger partial charge in [-0.25, -0.2) is 4.39 Å². The van der Waals surface area contributed by atoms with Crippen LogP contribution in [0.1, 0.15) is 19.4 Å². The van der Waals surface area contributed by atoms with Crippen molar-refractivity contribution in [3.63, 3.8) is 0 Å². The van der Waals surface area contributed by atoms with Gasteiger partial charge >= 0.3 is 0 Å². The van der Waals surface area contributed by atoms with Crippen LogP contribution in [0.25, 0.3) is 50.0 Å². The maximum absolute atomic E-state index is 13.8. The molecule has 0 saturated carbocycles. The van der Waals surface area contributed by atoms with Gasteiger partial charge in [0.2, 0.25) is 0 Å². The molecule has 2 N–H and O–H groups in total. The van der Waals surface area contributed by atoms with Crippen molar-refractivity contribution in [3.8, 4) is 22.6 Å². The van der Waals surface area contributed by atoms with Gasteiger partial charge in [-0.3, -0.25) is 10.1 Å². The van der Waals surface area contributed by atoms with Gasteiger partial charge in [-0.2, -0.15) is 5.10 Å². The molecular weight excluding hydrogens is 411 g/mol. The molecule has 2 aromatic carbocycles. The number of hydrogen-bond acceptors (Lipinski definition) is 2. The van der Waals surface area contributed by atoms with Gasteiger partial charge in [0.1, 0.15) is 11.5 Å². The third-order valence-corrected chi connectivity index (χ3v) is 5.55. The van der Waals surface area contributed by atoms with Gasteiger partial charge in [0, 0.05) is 28.0 Å². The topological polar surface area (TPSA) is 57.4 Å². The molecule has 0 aliphatic carbocycles. The van der Waals surface area contributed by atoms with Crippen LogP contribution in [0.2, 0.25) is 0 Å². The molecule has 0 saturated heterocycles. The van der Waals surface area contributed by atoms with E-state index in [1.807, 2.05) is 44.2 Å². The molecule has 0 amide bonds. The van der Waals surface area contributed by atoms with Crippen LogP contribution in [0.15, 0.2) is 91.2 Å². The average Bonchev–Trinajstić information content (AvgIpc) is 3.41. The van der Waals surface area contributed by atoms with Gasteiger partial charge in [-0.15, -0.1) is 0 Å². The molecule has 3 aromatic heterocycles. The Bertz CT molecular complexity index is 1570. The van der Waals surface area contributed by atoms with Crippen LogP contribution in [0.5, 0.6) is 0 Å². The molecule has 162 valence electrons. The summed E-state index contributed by atoms with van der Waals surface area (Å²) in [4.78, 5) is 7.98. The number of benzene rings is 2. The predicted molar refractivity (Wildman–Crippen MR) is 134 cm³/mol. The van der Waals surface area contributed by atoms with E-state index in [1.165, 1.54) is 12.1 Å². The van der Waals surface area contributed by atoms with E-state index in [0.29, 0.717) is 0 Å². The van der Waals surface area contributed by atoms with Crippen molar-refractivity contribution in [1.29, 1.82) is 0 Å². The first-order valence-corrected chi connectivity index (χ1v) is 10.8. The van der Waals surface area contributed by atoms with Crippen molar-refractivity contribution < 1.29 is 4.39 Å². The molecule has 0 spiro atoms. The minimum atomic E-state index is -0.285. The molecule has 0 aliphatic rings. The number of nitrogens with zero attached hydrogens (tertiary/aromatic N) is 2. The molecule has 5 aromatic rings. The lowest BCUT2D eigenvalue weighted by Crippen LogP contribution is -1.85.